The molecule has 0 saturated carbocycles. The quantitative estimate of drug-likeness (QED) is 0.801. The molecule has 0 unspecified atom stereocenters. The molecule has 0 spiro atoms. The van der Waals surface area contributed by atoms with Gasteiger partial charge in [-0.2, -0.15) is 0 Å². The van der Waals surface area contributed by atoms with Crippen molar-refractivity contribution in [3.05, 3.63) is 22.7 Å². The van der Waals surface area contributed by atoms with Gasteiger partial charge >= 0.3 is 0 Å². The Morgan fingerprint density at radius 3 is 3.00 bits per heavy atom. The third kappa shape index (κ3) is 3.08. The number of hydrogen-bond donors (Lipinski definition) is 2. The molecule has 0 aliphatic heterocycles. The first-order valence-electron chi connectivity index (χ1n) is 6.56. The maximum absolute atomic E-state index is 12.1. The number of unbranched alkanes of at least 4 members (excludes halogenated alkanes) is 1. The van der Waals surface area contributed by atoms with Crippen LogP contribution in [0.3, 0.4) is 0 Å². The molecular formula is C14H19N3O2S. The molecule has 108 valence electrons. The smallest absolute Gasteiger partial charge is 0.263 e. The van der Waals surface area contributed by atoms with Gasteiger partial charge in [0, 0.05) is 31.8 Å². The van der Waals surface area contributed by atoms with Crippen LogP contribution in [0.25, 0.3) is 10.2 Å². The standard InChI is InChI=1S/C14H19N3O2S/c1-9-5-7-17-14-10(9)11(15)12(20-14)13(18)16-6-3-4-8-19-2/h5,7H,3-4,6,8,15H2,1-2H3,(H,16,18). The number of nitrogen functional groups attached to an aromatic ring is 1. The summed E-state index contributed by atoms with van der Waals surface area (Å²) in [6.45, 7) is 3.31. The van der Waals surface area contributed by atoms with E-state index in [0.29, 0.717) is 23.7 Å². The first kappa shape index (κ1) is 14.7. The highest BCUT2D eigenvalue weighted by Gasteiger charge is 2.17. The first-order valence-corrected chi connectivity index (χ1v) is 7.37. The molecule has 2 aromatic rings. The Bertz CT molecular complexity index is 610. The maximum atomic E-state index is 12.1. The second-order valence-corrected chi connectivity index (χ2v) is 5.61. The Hall–Kier alpha value is -1.66. The summed E-state index contributed by atoms with van der Waals surface area (Å²) in [6.07, 6.45) is 3.56. The highest BCUT2D eigenvalue weighted by molar-refractivity contribution is 7.21. The fourth-order valence-corrected chi connectivity index (χ4v) is 3.08. The molecule has 0 saturated heterocycles. The van der Waals surface area contributed by atoms with Gasteiger partial charge in [-0.25, -0.2) is 4.98 Å². The number of thiophene rings is 1. The van der Waals surface area contributed by atoms with Crippen LogP contribution >= 0.6 is 11.3 Å². The number of fused-ring (bicyclic) bond motifs is 1. The minimum Gasteiger partial charge on any atom is -0.397 e. The van der Waals surface area contributed by atoms with Crippen LogP contribution in [0.15, 0.2) is 12.3 Å². The number of methoxy groups -OCH3 is 1. The molecule has 3 N–H and O–H groups in total. The summed E-state index contributed by atoms with van der Waals surface area (Å²) >= 11 is 1.34. The molecule has 2 aromatic heterocycles. The second kappa shape index (κ2) is 6.67. The van der Waals surface area contributed by atoms with Gasteiger partial charge < -0.3 is 15.8 Å². The number of rotatable bonds is 6. The van der Waals surface area contributed by atoms with Crippen molar-refractivity contribution >= 4 is 33.1 Å². The van der Waals surface area contributed by atoms with Crippen molar-refractivity contribution in [2.24, 2.45) is 0 Å². The minimum atomic E-state index is -0.123. The number of pyridine rings is 1. The fourth-order valence-electron chi connectivity index (χ4n) is 2.03. The predicted octanol–water partition coefficient (Wildman–Crippen LogP) is 2.34. The summed E-state index contributed by atoms with van der Waals surface area (Å²) in [6, 6.07) is 1.90. The van der Waals surface area contributed by atoms with Crippen LogP contribution in [0, 0.1) is 6.92 Å². The lowest BCUT2D eigenvalue weighted by Gasteiger charge is -2.04. The van der Waals surface area contributed by atoms with Gasteiger partial charge in [-0.05, 0) is 31.4 Å². The predicted molar refractivity (Wildman–Crippen MR) is 82.2 cm³/mol. The molecule has 6 heteroatoms. The molecule has 0 atom stereocenters. The van der Waals surface area contributed by atoms with E-state index in [0.717, 1.165) is 28.6 Å². The summed E-state index contributed by atoms with van der Waals surface area (Å²) in [4.78, 5) is 17.8. The van der Waals surface area contributed by atoms with Crippen LogP contribution in [0.4, 0.5) is 5.69 Å². The minimum absolute atomic E-state index is 0.123. The van der Waals surface area contributed by atoms with Crippen molar-refractivity contribution in [1.82, 2.24) is 10.3 Å². The number of aromatic nitrogens is 1. The van der Waals surface area contributed by atoms with Gasteiger partial charge in [0.05, 0.1) is 5.69 Å². The van der Waals surface area contributed by atoms with Crippen LogP contribution in [0.2, 0.25) is 0 Å². The molecular weight excluding hydrogens is 274 g/mol. The average molecular weight is 293 g/mol. The van der Waals surface area contributed by atoms with Gasteiger partial charge in [0.1, 0.15) is 9.71 Å². The number of nitrogens with zero attached hydrogens (tertiary/aromatic N) is 1. The molecule has 5 nitrogen and oxygen atoms in total. The van der Waals surface area contributed by atoms with E-state index in [2.05, 4.69) is 10.3 Å². The fraction of sp³-hybridized carbons (Fsp3) is 0.429. The molecule has 0 bridgehead atoms. The van der Waals surface area contributed by atoms with Crippen LogP contribution in [-0.2, 0) is 4.74 Å². The number of carbonyl (C=O) groups is 1. The van der Waals surface area contributed by atoms with Gasteiger partial charge in [0.15, 0.2) is 0 Å². The van der Waals surface area contributed by atoms with Crippen molar-refractivity contribution in [2.75, 3.05) is 26.0 Å². The van der Waals surface area contributed by atoms with Gasteiger partial charge in [-0.15, -0.1) is 11.3 Å². The summed E-state index contributed by atoms with van der Waals surface area (Å²) in [7, 11) is 1.67. The van der Waals surface area contributed by atoms with Gasteiger partial charge in [0.2, 0.25) is 0 Å². The number of ether oxygens (including phenoxy) is 1. The van der Waals surface area contributed by atoms with Gasteiger partial charge in [-0.3, -0.25) is 4.79 Å². The van der Waals surface area contributed by atoms with Crippen LogP contribution < -0.4 is 11.1 Å². The molecule has 0 aliphatic rings. The van der Waals surface area contributed by atoms with Crippen molar-refractivity contribution in [3.8, 4) is 0 Å². The Kier molecular flexibility index (Phi) is 4.92. The third-order valence-electron chi connectivity index (χ3n) is 3.10. The SMILES string of the molecule is COCCCCNC(=O)c1sc2nccc(C)c2c1N. The molecule has 0 aliphatic carbocycles. The number of anilines is 1. The normalized spacial score (nSPS) is 10.9. The summed E-state index contributed by atoms with van der Waals surface area (Å²) in [5, 5.41) is 3.78. The Balaban J connectivity index is 2.07. The number of amides is 1. The lowest BCUT2D eigenvalue weighted by Crippen LogP contribution is -2.24. The third-order valence-corrected chi connectivity index (χ3v) is 4.22. The van der Waals surface area contributed by atoms with Crippen molar-refractivity contribution in [3.63, 3.8) is 0 Å². The second-order valence-electron chi connectivity index (χ2n) is 4.61. The Labute approximate surface area is 122 Å². The van der Waals surface area contributed by atoms with E-state index in [1.165, 1.54) is 11.3 Å². The van der Waals surface area contributed by atoms with E-state index < -0.39 is 0 Å². The summed E-state index contributed by atoms with van der Waals surface area (Å²) in [5.74, 6) is -0.123. The van der Waals surface area contributed by atoms with Gasteiger partial charge in [-0.1, -0.05) is 0 Å². The van der Waals surface area contributed by atoms with E-state index in [-0.39, 0.29) is 5.91 Å². The van der Waals surface area contributed by atoms with E-state index in [1.54, 1.807) is 13.3 Å². The zero-order valence-electron chi connectivity index (χ0n) is 11.7. The highest BCUT2D eigenvalue weighted by atomic mass is 32.1. The number of nitrogens with one attached hydrogen (secondary N) is 1. The van der Waals surface area contributed by atoms with Gasteiger partial charge in [0.25, 0.3) is 5.91 Å². The Morgan fingerprint density at radius 1 is 1.50 bits per heavy atom. The number of nitrogens with two attached hydrogens (primary N) is 1. The lowest BCUT2D eigenvalue weighted by atomic mass is 10.2. The van der Waals surface area contributed by atoms with Crippen LogP contribution in [0.5, 0.6) is 0 Å². The molecule has 2 rings (SSSR count). The molecule has 2 heterocycles. The van der Waals surface area contributed by atoms with E-state index in [4.69, 9.17) is 10.5 Å². The molecule has 0 fully saturated rings. The zero-order chi connectivity index (χ0) is 14.5. The number of aryl methyl sites for hydroxylation is 1. The lowest BCUT2D eigenvalue weighted by molar-refractivity contribution is 0.0956. The monoisotopic (exact) mass is 293 g/mol. The van der Waals surface area contributed by atoms with E-state index in [9.17, 15) is 4.79 Å². The van der Waals surface area contributed by atoms with Crippen molar-refractivity contribution < 1.29 is 9.53 Å². The molecule has 20 heavy (non-hydrogen) atoms. The maximum Gasteiger partial charge on any atom is 0.263 e. The zero-order valence-corrected chi connectivity index (χ0v) is 12.5. The highest BCUT2D eigenvalue weighted by Crippen LogP contribution is 2.34. The number of hydrogen-bond acceptors (Lipinski definition) is 5. The number of carbonyl (C=O) groups excluding carboxylic acids is 1. The summed E-state index contributed by atoms with van der Waals surface area (Å²) in [5.41, 5.74) is 7.66. The Morgan fingerprint density at radius 2 is 2.30 bits per heavy atom. The largest absolute Gasteiger partial charge is 0.397 e. The topological polar surface area (TPSA) is 77.2 Å². The van der Waals surface area contributed by atoms with Crippen molar-refractivity contribution in [1.29, 1.82) is 0 Å². The average Bonchev–Trinajstić information content (AvgIpc) is 2.77. The van der Waals surface area contributed by atoms with E-state index in [1.807, 2.05) is 13.0 Å². The van der Waals surface area contributed by atoms with Crippen LogP contribution in [0.1, 0.15) is 28.1 Å². The van der Waals surface area contributed by atoms with Crippen molar-refractivity contribution in [2.45, 2.75) is 19.8 Å². The molecule has 0 aromatic carbocycles. The van der Waals surface area contributed by atoms with E-state index >= 15 is 0 Å². The molecule has 1 amide bonds. The summed E-state index contributed by atoms with van der Waals surface area (Å²) < 4.78 is 4.97. The first-order chi connectivity index (χ1) is 9.65. The van der Waals surface area contributed by atoms with Crippen LogP contribution in [-0.4, -0.2) is 31.2 Å². The molecule has 0 radical (unpaired) electrons.